The number of pyridine rings is 1. The Kier molecular flexibility index (Phi) is 6.65. The van der Waals surface area contributed by atoms with Crippen molar-refractivity contribution >= 4 is 5.91 Å². The normalized spacial score (nSPS) is 15.8. The van der Waals surface area contributed by atoms with Crippen molar-refractivity contribution in [3.05, 3.63) is 53.9 Å². The van der Waals surface area contributed by atoms with E-state index in [1.54, 1.807) is 20.4 Å². The van der Waals surface area contributed by atoms with Crippen molar-refractivity contribution in [1.29, 1.82) is 0 Å². The second-order valence-corrected chi connectivity index (χ2v) is 6.65. The van der Waals surface area contributed by atoms with Crippen molar-refractivity contribution < 1.29 is 19.0 Å². The van der Waals surface area contributed by atoms with Crippen LogP contribution in [0.25, 0.3) is 0 Å². The third-order valence-electron chi connectivity index (χ3n) is 4.91. The maximum Gasteiger partial charge on any atom is 0.224 e. The fraction of sp³-hybridized carbons (Fsp3) is 0.429. The molecule has 0 aliphatic carbocycles. The van der Waals surface area contributed by atoms with Gasteiger partial charge in [0.1, 0.15) is 0 Å². The van der Waals surface area contributed by atoms with Gasteiger partial charge in [0.05, 0.1) is 26.7 Å². The number of benzene rings is 1. The molecule has 144 valence electrons. The molecular weight excluding hydrogens is 344 g/mol. The Balaban J connectivity index is 1.72. The molecule has 6 heteroatoms. The monoisotopic (exact) mass is 370 g/mol. The Bertz CT molecular complexity index is 745. The summed E-state index contributed by atoms with van der Waals surface area (Å²) in [6, 6.07) is 9.40. The predicted molar refractivity (Wildman–Crippen MR) is 102 cm³/mol. The Morgan fingerprint density at radius 1 is 1.22 bits per heavy atom. The van der Waals surface area contributed by atoms with Crippen molar-refractivity contribution in [3.8, 4) is 11.5 Å². The molecule has 3 rings (SSSR count). The highest BCUT2D eigenvalue weighted by Crippen LogP contribution is 2.30. The smallest absolute Gasteiger partial charge is 0.224 e. The third-order valence-corrected chi connectivity index (χ3v) is 4.91. The lowest BCUT2D eigenvalue weighted by Crippen LogP contribution is -2.36. The molecule has 2 aromatic rings. The van der Waals surface area contributed by atoms with Crippen LogP contribution in [0.5, 0.6) is 11.5 Å². The van der Waals surface area contributed by atoms with Gasteiger partial charge >= 0.3 is 0 Å². The zero-order valence-electron chi connectivity index (χ0n) is 15.8. The van der Waals surface area contributed by atoms with Gasteiger partial charge in [-0.2, -0.15) is 0 Å². The van der Waals surface area contributed by atoms with E-state index in [-0.39, 0.29) is 18.4 Å². The Hall–Kier alpha value is -2.60. The van der Waals surface area contributed by atoms with Crippen molar-refractivity contribution in [2.24, 2.45) is 5.92 Å². The van der Waals surface area contributed by atoms with Crippen LogP contribution in [0.4, 0.5) is 0 Å². The first-order valence-corrected chi connectivity index (χ1v) is 9.19. The van der Waals surface area contributed by atoms with Crippen molar-refractivity contribution in [1.82, 2.24) is 10.3 Å². The summed E-state index contributed by atoms with van der Waals surface area (Å²) < 4.78 is 16.1. The second kappa shape index (κ2) is 9.37. The van der Waals surface area contributed by atoms with Gasteiger partial charge < -0.3 is 19.5 Å². The minimum atomic E-state index is -0.0600. The molecule has 1 aromatic heterocycles. The van der Waals surface area contributed by atoms with E-state index in [1.165, 1.54) is 0 Å². The molecule has 6 nitrogen and oxygen atoms in total. The summed E-state index contributed by atoms with van der Waals surface area (Å²) in [5.41, 5.74) is 1.91. The molecule has 27 heavy (non-hydrogen) atoms. The number of rotatable bonds is 7. The van der Waals surface area contributed by atoms with Crippen LogP contribution in [0.1, 0.15) is 30.0 Å². The highest BCUT2D eigenvalue weighted by atomic mass is 16.5. The van der Waals surface area contributed by atoms with Crippen LogP contribution in [0.2, 0.25) is 0 Å². The van der Waals surface area contributed by atoms with E-state index < -0.39 is 0 Å². The third kappa shape index (κ3) is 4.98. The minimum Gasteiger partial charge on any atom is -0.493 e. The number of nitrogens with zero attached hydrogens (tertiary/aromatic N) is 1. The van der Waals surface area contributed by atoms with Crippen molar-refractivity contribution in [2.75, 3.05) is 27.4 Å². The summed E-state index contributed by atoms with van der Waals surface area (Å²) in [6.45, 7) is 1.46. The number of nitrogens with one attached hydrogen (secondary N) is 1. The first-order valence-electron chi connectivity index (χ1n) is 9.19. The first kappa shape index (κ1) is 19.2. The van der Waals surface area contributed by atoms with Crippen LogP contribution in [0, 0.1) is 5.92 Å². The van der Waals surface area contributed by atoms with Crippen LogP contribution in [0.15, 0.2) is 42.7 Å². The maximum absolute atomic E-state index is 12.8. The Morgan fingerprint density at radius 3 is 2.67 bits per heavy atom. The summed E-state index contributed by atoms with van der Waals surface area (Å²) in [5, 5.41) is 3.21. The average molecular weight is 370 g/mol. The number of hydrogen-bond acceptors (Lipinski definition) is 5. The molecule has 1 saturated heterocycles. The molecule has 1 aliphatic rings. The number of carbonyl (C=O) groups excluding carboxylic acids is 1. The molecule has 1 N–H and O–H groups in total. The first-order chi connectivity index (χ1) is 13.2. The van der Waals surface area contributed by atoms with E-state index in [9.17, 15) is 4.79 Å². The van der Waals surface area contributed by atoms with Gasteiger partial charge in [-0.15, -0.1) is 0 Å². The van der Waals surface area contributed by atoms with Crippen LogP contribution >= 0.6 is 0 Å². The topological polar surface area (TPSA) is 69.7 Å². The van der Waals surface area contributed by atoms with Gasteiger partial charge in [-0.05, 0) is 48.1 Å². The fourth-order valence-electron chi connectivity index (χ4n) is 3.48. The zero-order valence-corrected chi connectivity index (χ0v) is 15.8. The molecule has 1 fully saturated rings. The van der Waals surface area contributed by atoms with Gasteiger partial charge in [-0.1, -0.05) is 12.1 Å². The van der Waals surface area contributed by atoms with Gasteiger partial charge in [0, 0.05) is 25.6 Å². The molecule has 0 radical (unpaired) electrons. The second-order valence-electron chi connectivity index (χ2n) is 6.65. The highest BCUT2D eigenvalue weighted by molar-refractivity contribution is 5.79. The van der Waals surface area contributed by atoms with Crippen LogP contribution < -0.4 is 14.8 Å². The molecule has 1 atom stereocenters. The lowest BCUT2D eigenvalue weighted by Gasteiger charge is -2.31. The van der Waals surface area contributed by atoms with Crippen molar-refractivity contribution in [3.63, 3.8) is 0 Å². The summed E-state index contributed by atoms with van der Waals surface area (Å²) in [7, 11) is 3.18. The maximum atomic E-state index is 12.8. The van der Waals surface area contributed by atoms with Gasteiger partial charge in [0.15, 0.2) is 11.5 Å². The lowest BCUT2D eigenvalue weighted by atomic mass is 9.87. The zero-order chi connectivity index (χ0) is 19.1. The molecule has 1 aromatic carbocycles. The van der Waals surface area contributed by atoms with Gasteiger partial charge in [0.25, 0.3) is 0 Å². The number of methoxy groups -OCH3 is 2. The largest absolute Gasteiger partial charge is 0.493 e. The summed E-state index contributed by atoms with van der Waals surface area (Å²) >= 11 is 0. The predicted octanol–water partition coefficient (Wildman–Crippen LogP) is 2.93. The quantitative estimate of drug-likeness (QED) is 0.812. The van der Waals surface area contributed by atoms with Gasteiger partial charge in [0.2, 0.25) is 5.91 Å². The average Bonchev–Trinajstić information content (AvgIpc) is 2.73. The molecular formula is C21H26N2O4. The number of amides is 1. The summed E-state index contributed by atoms with van der Waals surface area (Å²) in [4.78, 5) is 17.0. The molecule has 2 heterocycles. The molecule has 0 unspecified atom stereocenters. The number of carbonyl (C=O) groups is 1. The van der Waals surface area contributed by atoms with E-state index in [1.807, 2.05) is 36.5 Å². The van der Waals surface area contributed by atoms with Crippen molar-refractivity contribution in [2.45, 2.75) is 25.3 Å². The summed E-state index contributed by atoms with van der Waals surface area (Å²) in [6.07, 6.45) is 5.71. The van der Waals surface area contributed by atoms with Crippen LogP contribution in [-0.4, -0.2) is 38.3 Å². The SMILES string of the molecule is COc1ccc(CC(=O)N[C@@H](c2cccnc2)C2CCOCC2)cc1OC. The van der Waals surface area contributed by atoms with E-state index in [0.717, 1.165) is 37.2 Å². The summed E-state index contributed by atoms with van der Waals surface area (Å²) in [5.74, 6) is 1.59. The molecule has 1 aliphatic heterocycles. The fourth-order valence-corrected chi connectivity index (χ4v) is 3.48. The molecule has 1 amide bonds. The van der Waals surface area contributed by atoms with E-state index in [2.05, 4.69) is 10.3 Å². The van der Waals surface area contributed by atoms with Gasteiger partial charge in [-0.25, -0.2) is 0 Å². The lowest BCUT2D eigenvalue weighted by molar-refractivity contribution is -0.121. The number of hydrogen-bond donors (Lipinski definition) is 1. The van der Waals surface area contributed by atoms with Crippen LogP contribution in [-0.2, 0) is 16.0 Å². The number of ether oxygens (including phenoxy) is 3. The van der Waals surface area contributed by atoms with E-state index >= 15 is 0 Å². The molecule has 0 saturated carbocycles. The molecule has 0 spiro atoms. The van der Waals surface area contributed by atoms with Gasteiger partial charge in [-0.3, -0.25) is 9.78 Å². The highest BCUT2D eigenvalue weighted by Gasteiger charge is 2.27. The van der Waals surface area contributed by atoms with Crippen LogP contribution in [0.3, 0.4) is 0 Å². The minimum absolute atomic E-state index is 0.0254. The van der Waals surface area contributed by atoms with E-state index in [4.69, 9.17) is 14.2 Å². The Labute approximate surface area is 159 Å². The molecule has 0 bridgehead atoms. The Morgan fingerprint density at radius 2 is 2.00 bits per heavy atom. The number of aromatic nitrogens is 1. The van der Waals surface area contributed by atoms with E-state index in [0.29, 0.717) is 17.4 Å². The standard InChI is InChI=1S/C21H26N2O4/c1-25-18-6-5-15(12-19(18)26-2)13-20(24)23-21(16-7-10-27-11-8-16)17-4-3-9-22-14-17/h3-6,9,12,14,16,21H,7-8,10-11,13H2,1-2H3,(H,23,24)/t21-/m1/s1.